The van der Waals surface area contributed by atoms with Crippen LogP contribution in [0.1, 0.15) is 28.8 Å². The molecule has 1 saturated heterocycles. The van der Waals surface area contributed by atoms with Gasteiger partial charge in [0.2, 0.25) is 10.0 Å². The largest absolute Gasteiger partial charge is 0.337 e. The third-order valence-corrected chi connectivity index (χ3v) is 7.07. The summed E-state index contributed by atoms with van der Waals surface area (Å²) in [5, 5.41) is 0. The summed E-state index contributed by atoms with van der Waals surface area (Å²) >= 11 is 3.38. The Kier molecular flexibility index (Phi) is 5.79. The number of amides is 1. The normalized spacial score (nSPS) is 15.2. The number of benzene rings is 2. The highest BCUT2D eigenvalue weighted by Gasteiger charge is 2.28. The van der Waals surface area contributed by atoms with E-state index in [0.29, 0.717) is 29.7 Å². The third kappa shape index (κ3) is 4.00. The molecular formula is C19H21BrN2O3S. The molecule has 1 amide bonds. The monoisotopic (exact) mass is 436 g/mol. The Labute approximate surface area is 162 Å². The Morgan fingerprint density at radius 1 is 1.12 bits per heavy atom. The summed E-state index contributed by atoms with van der Waals surface area (Å²) in [6.45, 7) is 1.53. The van der Waals surface area contributed by atoms with Gasteiger partial charge >= 0.3 is 0 Å². The molecule has 0 aliphatic carbocycles. The van der Waals surface area contributed by atoms with E-state index in [1.54, 1.807) is 24.1 Å². The average Bonchev–Trinajstić information content (AvgIpc) is 3.18. The van der Waals surface area contributed by atoms with E-state index in [1.165, 1.54) is 10.4 Å². The Hall–Kier alpha value is -1.70. The highest BCUT2D eigenvalue weighted by atomic mass is 79.9. The van der Waals surface area contributed by atoms with Gasteiger partial charge in [0, 0.05) is 31.2 Å². The predicted octanol–water partition coefficient (Wildman–Crippen LogP) is 3.51. The highest BCUT2D eigenvalue weighted by molar-refractivity contribution is 9.10. The van der Waals surface area contributed by atoms with Crippen LogP contribution in [0.15, 0.2) is 57.9 Å². The molecule has 1 aliphatic rings. The number of halogens is 1. The summed E-state index contributed by atoms with van der Waals surface area (Å²) < 4.78 is 27.6. The Bertz CT molecular complexity index is 894. The Morgan fingerprint density at radius 3 is 2.42 bits per heavy atom. The van der Waals surface area contributed by atoms with Gasteiger partial charge in [0.25, 0.3) is 5.91 Å². The molecule has 3 rings (SSSR count). The number of hydrogen-bond donors (Lipinski definition) is 0. The fraction of sp³-hybridized carbons (Fsp3) is 0.316. The van der Waals surface area contributed by atoms with Gasteiger partial charge < -0.3 is 4.90 Å². The van der Waals surface area contributed by atoms with Crippen LogP contribution in [0.5, 0.6) is 0 Å². The van der Waals surface area contributed by atoms with Gasteiger partial charge in [-0.25, -0.2) is 8.42 Å². The van der Waals surface area contributed by atoms with Crippen molar-refractivity contribution in [1.82, 2.24) is 9.21 Å². The Morgan fingerprint density at radius 2 is 1.77 bits per heavy atom. The second-order valence-electron chi connectivity index (χ2n) is 6.40. The molecule has 2 aromatic rings. The molecule has 1 fully saturated rings. The van der Waals surface area contributed by atoms with E-state index >= 15 is 0 Å². The molecule has 0 radical (unpaired) electrons. The molecule has 0 aromatic heterocycles. The van der Waals surface area contributed by atoms with E-state index < -0.39 is 10.0 Å². The van der Waals surface area contributed by atoms with Crippen molar-refractivity contribution in [2.75, 3.05) is 20.1 Å². The van der Waals surface area contributed by atoms with E-state index in [-0.39, 0.29) is 10.8 Å². The fourth-order valence-electron chi connectivity index (χ4n) is 3.04. The number of sulfonamides is 1. The first-order valence-electron chi connectivity index (χ1n) is 8.48. The van der Waals surface area contributed by atoms with Crippen LogP contribution in [0, 0.1) is 0 Å². The molecule has 7 heteroatoms. The lowest BCUT2D eigenvalue weighted by atomic mass is 10.1. The van der Waals surface area contributed by atoms with Gasteiger partial charge in [0.1, 0.15) is 0 Å². The first-order chi connectivity index (χ1) is 12.4. The van der Waals surface area contributed by atoms with E-state index in [4.69, 9.17) is 0 Å². The van der Waals surface area contributed by atoms with Gasteiger partial charge in [-0.05, 0) is 52.5 Å². The van der Waals surface area contributed by atoms with Gasteiger partial charge in [-0.1, -0.05) is 30.3 Å². The summed E-state index contributed by atoms with van der Waals surface area (Å²) in [7, 11) is -1.84. The van der Waals surface area contributed by atoms with Crippen LogP contribution in [0.25, 0.3) is 0 Å². The zero-order valence-corrected chi connectivity index (χ0v) is 17.0. The van der Waals surface area contributed by atoms with Gasteiger partial charge in [-0.3, -0.25) is 4.79 Å². The lowest BCUT2D eigenvalue weighted by Gasteiger charge is -2.20. The summed E-state index contributed by atoms with van der Waals surface area (Å²) in [4.78, 5) is 14.6. The quantitative estimate of drug-likeness (QED) is 0.720. The van der Waals surface area contributed by atoms with E-state index in [2.05, 4.69) is 15.9 Å². The fourth-order valence-corrected chi connectivity index (χ4v) is 5.00. The lowest BCUT2D eigenvalue weighted by molar-refractivity contribution is 0.0784. The van der Waals surface area contributed by atoms with Crippen LogP contribution in [0.2, 0.25) is 0 Å². The third-order valence-electron chi connectivity index (χ3n) is 4.48. The topological polar surface area (TPSA) is 57.7 Å². The summed E-state index contributed by atoms with van der Waals surface area (Å²) in [6.07, 6.45) is 1.75. The first kappa shape index (κ1) is 19.1. The standard InChI is InChI=1S/C19H21BrN2O3S/c1-21(14-15-7-3-2-4-8-15)19(23)17-13-16(9-10-18(17)20)26(24,25)22-11-5-6-12-22/h2-4,7-10,13H,5-6,11-12,14H2,1H3. The predicted molar refractivity (Wildman–Crippen MR) is 104 cm³/mol. The molecule has 0 saturated carbocycles. The molecule has 0 bridgehead atoms. The van der Waals surface area contributed by atoms with Gasteiger partial charge in [-0.15, -0.1) is 0 Å². The van der Waals surface area contributed by atoms with Crippen molar-refractivity contribution in [3.05, 3.63) is 64.1 Å². The number of carbonyl (C=O) groups excluding carboxylic acids is 1. The van der Waals surface area contributed by atoms with Crippen molar-refractivity contribution < 1.29 is 13.2 Å². The van der Waals surface area contributed by atoms with E-state index in [0.717, 1.165) is 18.4 Å². The molecule has 0 atom stereocenters. The smallest absolute Gasteiger partial charge is 0.255 e. The second kappa shape index (κ2) is 7.90. The molecule has 1 heterocycles. The van der Waals surface area contributed by atoms with Crippen molar-refractivity contribution in [2.24, 2.45) is 0 Å². The first-order valence-corrected chi connectivity index (χ1v) is 10.7. The van der Waals surface area contributed by atoms with Crippen LogP contribution in [-0.4, -0.2) is 43.7 Å². The minimum Gasteiger partial charge on any atom is -0.337 e. The molecule has 0 N–H and O–H groups in total. The molecule has 138 valence electrons. The number of nitrogens with zero attached hydrogens (tertiary/aromatic N) is 2. The van der Waals surface area contributed by atoms with Crippen LogP contribution in [0.4, 0.5) is 0 Å². The molecular weight excluding hydrogens is 416 g/mol. The number of carbonyl (C=O) groups is 1. The zero-order chi connectivity index (χ0) is 18.7. The maximum absolute atomic E-state index is 12.9. The minimum atomic E-state index is -3.55. The van der Waals surface area contributed by atoms with Crippen LogP contribution >= 0.6 is 15.9 Å². The van der Waals surface area contributed by atoms with Crippen LogP contribution in [-0.2, 0) is 16.6 Å². The second-order valence-corrected chi connectivity index (χ2v) is 9.19. The summed E-state index contributed by atoms with van der Waals surface area (Å²) in [5.41, 5.74) is 1.36. The number of rotatable bonds is 5. The molecule has 0 unspecified atom stereocenters. The van der Waals surface area contributed by atoms with Crippen molar-refractivity contribution in [2.45, 2.75) is 24.3 Å². The van der Waals surface area contributed by atoms with E-state index in [9.17, 15) is 13.2 Å². The molecule has 1 aliphatic heterocycles. The van der Waals surface area contributed by atoms with Crippen LogP contribution in [0.3, 0.4) is 0 Å². The van der Waals surface area contributed by atoms with Gasteiger partial charge in [0.05, 0.1) is 10.5 Å². The zero-order valence-electron chi connectivity index (χ0n) is 14.6. The lowest BCUT2D eigenvalue weighted by Crippen LogP contribution is -2.29. The molecule has 2 aromatic carbocycles. The van der Waals surface area contributed by atoms with Gasteiger partial charge in [0.15, 0.2) is 0 Å². The van der Waals surface area contributed by atoms with Crippen molar-refractivity contribution in [3.63, 3.8) is 0 Å². The minimum absolute atomic E-state index is 0.166. The average molecular weight is 437 g/mol. The molecule has 26 heavy (non-hydrogen) atoms. The number of hydrogen-bond acceptors (Lipinski definition) is 3. The highest BCUT2D eigenvalue weighted by Crippen LogP contribution is 2.26. The molecule has 5 nitrogen and oxygen atoms in total. The molecule has 0 spiro atoms. The maximum Gasteiger partial charge on any atom is 0.255 e. The van der Waals surface area contributed by atoms with Crippen LogP contribution < -0.4 is 0 Å². The Balaban J connectivity index is 1.86. The van der Waals surface area contributed by atoms with E-state index in [1.807, 2.05) is 30.3 Å². The summed E-state index contributed by atoms with van der Waals surface area (Å²) in [5.74, 6) is -0.223. The van der Waals surface area contributed by atoms with Crippen molar-refractivity contribution >= 4 is 31.9 Å². The maximum atomic E-state index is 12.9. The van der Waals surface area contributed by atoms with Crippen molar-refractivity contribution in [3.8, 4) is 0 Å². The van der Waals surface area contributed by atoms with Gasteiger partial charge in [-0.2, -0.15) is 4.31 Å². The van der Waals surface area contributed by atoms with Crippen molar-refractivity contribution in [1.29, 1.82) is 0 Å². The summed E-state index contributed by atoms with van der Waals surface area (Å²) in [6, 6.07) is 14.3. The SMILES string of the molecule is CN(Cc1ccccc1)C(=O)c1cc(S(=O)(=O)N2CCCC2)ccc1Br.